The first-order chi connectivity index (χ1) is 7.99. The van der Waals surface area contributed by atoms with Gasteiger partial charge >= 0.3 is 0 Å². The van der Waals surface area contributed by atoms with E-state index in [4.69, 9.17) is 5.73 Å². The molecule has 4 nitrogen and oxygen atoms in total. The largest absolute Gasteiger partial charge is 0.393 e. The zero-order valence-electron chi connectivity index (χ0n) is 10.8. The quantitative estimate of drug-likeness (QED) is 0.769. The number of amides is 1. The Morgan fingerprint density at radius 1 is 1.35 bits per heavy atom. The minimum absolute atomic E-state index is 0.0475. The predicted octanol–water partition coefficient (Wildman–Crippen LogP) is 0.874. The van der Waals surface area contributed by atoms with Gasteiger partial charge in [0.05, 0.1) is 6.10 Å². The molecule has 0 saturated carbocycles. The van der Waals surface area contributed by atoms with E-state index < -0.39 is 0 Å². The van der Waals surface area contributed by atoms with Crippen molar-refractivity contribution in [3.8, 4) is 0 Å². The summed E-state index contributed by atoms with van der Waals surface area (Å²) < 4.78 is 0. The van der Waals surface area contributed by atoms with Crippen molar-refractivity contribution in [1.82, 2.24) is 4.90 Å². The van der Waals surface area contributed by atoms with Gasteiger partial charge in [0, 0.05) is 24.5 Å². The van der Waals surface area contributed by atoms with Gasteiger partial charge < -0.3 is 15.7 Å². The summed E-state index contributed by atoms with van der Waals surface area (Å²) in [7, 11) is 0. The number of fused-ring (bicyclic) bond motifs is 2. The van der Waals surface area contributed by atoms with Crippen LogP contribution in [0.1, 0.15) is 46.0 Å². The standard InChI is InChI=1S/C13H24N2O2/c1-8(2)12(14)7-13(17)15-9-3-4-10(15)6-11(16)5-9/h8-12,16H,3-7,14H2,1-2H3. The molecule has 3 unspecified atom stereocenters. The number of nitrogens with zero attached hydrogens (tertiary/aromatic N) is 1. The number of nitrogens with two attached hydrogens (primary N) is 1. The van der Waals surface area contributed by atoms with E-state index >= 15 is 0 Å². The fourth-order valence-corrected chi connectivity index (χ4v) is 3.10. The van der Waals surface area contributed by atoms with Crippen LogP contribution in [0.2, 0.25) is 0 Å². The van der Waals surface area contributed by atoms with Crippen LogP contribution in [0.4, 0.5) is 0 Å². The summed E-state index contributed by atoms with van der Waals surface area (Å²) in [4.78, 5) is 14.3. The number of piperidine rings is 1. The van der Waals surface area contributed by atoms with Crippen molar-refractivity contribution in [1.29, 1.82) is 0 Å². The van der Waals surface area contributed by atoms with Gasteiger partial charge in [-0.05, 0) is 31.6 Å². The van der Waals surface area contributed by atoms with Crippen LogP contribution in [0.25, 0.3) is 0 Å². The Bertz CT molecular complexity index is 279. The van der Waals surface area contributed by atoms with Crippen molar-refractivity contribution in [2.24, 2.45) is 11.7 Å². The molecule has 0 radical (unpaired) electrons. The molecule has 2 saturated heterocycles. The Morgan fingerprint density at radius 2 is 1.88 bits per heavy atom. The lowest BCUT2D eigenvalue weighted by atomic mass is 9.97. The topological polar surface area (TPSA) is 66.6 Å². The average molecular weight is 240 g/mol. The summed E-state index contributed by atoms with van der Waals surface area (Å²) in [5.74, 6) is 0.526. The normalized spacial score (nSPS) is 34.2. The van der Waals surface area contributed by atoms with E-state index in [1.807, 2.05) is 18.7 Å². The Kier molecular flexibility index (Phi) is 3.73. The second-order valence-corrected chi connectivity index (χ2v) is 5.92. The highest BCUT2D eigenvalue weighted by Gasteiger charge is 2.42. The smallest absolute Gasteiger partial charge is 0.224 e. The second kappa shape index (κ2) is 4.94. The lowest BCUT2D eigenvalue weighted by Gasteiger charge is -2.38. The summed E-state index contributed by atoms with van der Waals surface area (Å²) in [6.07, 6.45) is 3.82. The fourth-order valence-electron chi connectivity index (χ4n) is 3.10. The zero-order chi connectivity index (χ0) is 12.6. The van der Waals surface area contributed by atoms with Crippen molar-refractivity contribution in [3.05, 3.63) is 0 Å². The van der Waals surface area contributed by atoms with Gasteiger partial charge in [0.25, 0.3) is 0 Å². The molecule has 0 aromatic heterocycles. The van der Waals surface area contributed by atoms with Crippen LogP contribution in [0, 0.1) is 5.92 Å². The number of aliphatic hydroxyl groups is 1. The highest BCUT2D eigenvalue weighted by Crippen LogP contribution is 2.36. The van der Waals surface area contributed by atoms with E-state index in [1.54, 1.807) is 0 Å². The highest BCUT2D eigenvalue weighted by molar-refractivity contribution is 5.78. The first kappa shape index (κ1) is 12.8. The zero-order valence-corrected chi connectivity index (χ0v) is 10.8. The molecule has 0 aromatic carbocycles. The lowest BCUT2D eigenvalue weighted by Crippen LogP contribution is -2.49. The third-order valence-electron chi connectivity index (χ3n) is 4.26. The predicted molar refractivity (Wildman–Crippen MR) is 66.3 cm³/mol. The van der Waals surface area contributed by atoms with Crippen molar-refractivity contribution < 1.29 is 9.90 Å². The molecule has 3 atom stereocenters. The molecular formula is C13H24N2O2. The van der Waals surface area contributed by atoms with Crippen molar-refractivity contribution >= 4 is 5.91 Å². The maximum absolute atomic E-state index is 12.2. The van der Waals surface area contributed by atoms with E-state index in [9.17, 15) is 9.90 Å². The van der Waals surface area contributed by atoms with Crippen molar-refractivity contribution in [2.45, 2.75) is 70.2 Å². The van der Waals surface area contributed by atoms with Crippen LogP contribution >= 0.6 is 0 Å². The number of rotatable bonds is 3. The van der Waals surface area contributed by atoms with Gasteiger partial charge in [-0.3, -0.25) is 4.79 Å². The molecule has 1 amide bonds. The molecule has 2 aliphatic heterocycles. The average Bonchev–Trinajstić information content (AvgIpc) is 2.51. The second-order valence-electron chi connectivity index (χ2n) is 5.92. The summed E-state index contributed by atoms with van der Waals surface area (Å²) in [6, 6.07) is 0.472. The first-order valence-corrected chi connectivity index (χ1v) is 6.73. The van der Waals surface area contributed by atoms with Gasteiger partial charge in [0.1, 0.15) is 0 Å². The van der Waals surface area contributed by atoms with E-state index in [0.29, 0.717) is 12.3 Å². The molecule has 17 heavy (non-hydrogen) atoms. The van der Waals surface area contributed by atoms with Crippen LogP contribution in [-0.4, -0.2) is 40.1 Å². The molecule has 2 fully saturated rings. The summed E-state index contributed by atoms with van der Waals surface area (Å²) in [6.45, 7) is 4.10. The van der Waals surface area contributed by atoms with Crippen LogP contribution in [-0.2, 0) is 4.79 Å². The van der Waals surface area contributed by atoms with E-state index in [2.05, 4.69) is 0 Å². The third kappa shape index (κ3) is 2.63. The monoisotopic (exact) mass is 240 g/mol. The van der Waals surface area contributed by atoms with E-state index in [0.717, 1.165) is 25.7 Å². The van der Waals surface area contributed by atoms with Crippen molar-refractivity contribution in [2.75, 3.05) is 0 Å². The lowest BCUT2D eigenvalue weighted by molar-refractivity contribution is -0.138. The fraction of sp³-hybridized carbons (Fsp3) is 0.923. The Labute approximate surface area is 103 Å². The Balaban J connectivity index is 1.96. The number of hydrogen-bond acceptors (Lipinski definition) is 3. The molecule has 98 valence electrons. The minimum Gasteiger partial charge on any atom is -0.393 e. The molecule has 0 aromatic rings. The van der Waals surface area contributed by atoms with Crippen LogP contribution < -0.4 is 5.73 Å². The maximum atomic E-state index is 12.2. The molecule has 2 rings (SSSR count). The number of carbonyl (C=O) groups is 1. The summed E-state index contributed by atoms with van der Waals surface area (Å²) in [5, 5.41) is 9.70. The minimum atomic E-state index is -0.213. The van der Waals surface area contributed by atoms with E-state index in [1.165, 1.54) is 0 Å². The maximum Gasteiger partial charge on any atom is 0.224 e. The summed E-state index contributed by atoms with van der Waals surface area (Å²) >= 11 is 0. The van der Waals surface area contributed by atoms with Crippen LogP contribution in [0.5, 0.6) is 0 Å². The molecule has 4 heteroatoms. The third-order valence-corrected chi connectivity index (χ3v) is 4.26. The van der Waals surface area contributed by atoms with Gasteiger partial charge in [0.2, 0.25) is 5.91 Å². The number of hydrogen-bond donors (Lipinski definition) is 2. The van der Waals surface area contributed by atoms with Gasteiger partial charge in [-0.1, -0.05) is 13.8 Å². The summed E-state index contributed by atoms with van der Waals surface area (Å²) in [5.41, 5.74) is 5.97. The highest BCUT2D eigenvalue weighted by atomic mass is 16.3. The first-order valence-electron chi connectivity index (χ1n) is 6.73. The van der Waals surface area contributed by atoms with Gasteiger partial charge in [0.15, 0.2) is 0 Å². The molecule has 2 heterocycles. The molecule has 0 aliphatic carbocycles. The SMILES string of the molecule is CC(C)C(N)CC(=O)N1C2CCC1CC(O)C2. The van der Waals surface area contributed by atoms with Gasteiger partial charge in [-0.2, -0.15) is 0 Å². The molecular weight excluding hydrogens is 216 g/mol. The Hall–Kier alpha value is -0.610. The molecule has 0 spiro atoms. The Morgan fingerprint density at radius 3 is 2.35 bits per heavy atom. The van der Waals surface area contributed by atoms with Crippen LogP contribution in [0.15, 0.2) is 0 Å². The molecule has 2 aliphatic rings. The van der Waals surface area contributed by atoms with E-state index in [-0.39, 0.29) is 30.1 Å². The molecule has 2 bridgehead atoms. The van der Waals surface area contributed by atoms with Gasteiger partial charge in [-0.15, -0.1) is 0 Å². The van der Waals surface area contributed by atoms with Gasteiger partial charge in [-0.25, -0.2) is 0 Å². The number of aliphatic hydroxyl groups excluding tert-OH is 1. The molecule has 3 N–H and O–H groups in total. The van der Waals surface area contributed by atoms with Crippen molar-refractivity contribution in [3.63, 3.8) is 0 Å². The number of carbonyl (C=O) groups excluding carboxylic acids is 1. The van der Waals surface area contributed by atoms with Crippen LogP contribution in [0.3, 0.4) is 0 Å².